The summed E-state index contributed by atoms with van der Waals surface area (Å²) in [5.41, 5.74) is 1.76. The van der Waals surface area contributed by atoms with Crippen molar-refractivity contribution in [2.75, 3.05) is 18.5 Å². The van der Waals surface area contributed by atoms with Crippen molar-refractivity contribution < 1.29 is 17.5 Å². The molecule has 1 atom stereocenters. The Kier molecular flexibility index (Phi) is 8.81. The Labute approximate surface area is 215 Å². The molecule has 0 spiro atoms. The highest BCUT2D eigenvalue weighted by atomic mass is 32.2. The van der Waals surface area contributed by atoms with Crippen LogP contribution >= 0.6 is 0 Å². The van der Waals surface area contributed by atoms with E-state index in [1.165, 1.54) is 39.7 Å². The maximum Gasteiger partial charge on any atom is 0.245 e. The maximum absolute atomic E-state index is 13.5. The van der Waals surface area contributed by atoms with Crippen LogP contribution in [0.3, 0.4) is 0 Å². The number of hydrogen-bond acceptors (Lipinski definition) is 9. The third-order valence-corrected chi connectivity index (χ3v) is 7.51. The number of anilines is 1. The molecule has 0 saturated carbocycles. The lowest BCUT2D eigenvalue weighted by Gasteiger charge is -2.24. The first kappa shape index (κ1) is 27.6. The number of aryl methyl sites for hydroxylation is 1. The van der Waals surface area contributed by atoms with Crippen LogP contribution in [0.2, 0.25) is 0 Å². The van der Waals surface area contributed by atoms with Gasteiger partial charge in [0.05, 0.1) is 36.6 Å². The molecular weight excluding hydrogens is 499 g/mol. The average molecular weight is 529 g/mol. The van der Waals surface area contributed by atoms with Gasteiger partial charge in [0.1, 0.15) is 17.3 Å². The monoisotopic (exact) mass is 528 g/mol. The Morgan fingerprint density at radius 2 is 1.78 bits per heavy atom. The Bertz CT molecular complexity index is 1430. The summed E-state index contributed by atoms with van der Waals surface area (Å²) in [7, 11) is -1.06. The van der Waals surface area contributed by atoms with Crippen molar-refractivity contribution >= 4 is 16.0 Å². The van der Waals surface area contributed by atoms with Crippen LogP contribution in [0.5, 0.6) is 5.75 Å². The van der Waals surface area contributed by atoms with Gasteiger partial charge < -0.3 is 4.74 Å². The third-order valence-electron chi connectivity index (χ3n) is 5.40. The molecule has 0 amide bonds. The van der Waals surface area contributed by atoms with Gasteiger partial charge in [0.25, 0.3) is 0 Å². The van der Waals surface area contributed by atoms with Gasteiger partial charge >= 0.3 is 0 Å². The van der Waals surface area contributed by atoms with E-state index in [2.05, 4.69) is 30.1 Å². The van der Waals surface area contributed by atoms with Crippen molar-refractivity contribution in [1.82, 2.24) is 34.7 Å². The largest absolute Gasteiger partial charge is 0.495 e. The predicted molar refractivity (Wildman–Crippen MR) is 138 cm³/mol. The SMILES string of the molecule is CC.COc1cccc(C)c1-n1c(-c2cnccn2)nnc1N(C)S(=O)(=O)[C@H](C)Cc1ncc(F)cn1. The fourth-order valence-corrected chi connectivity index (χ4v) is 4.79. The summed E-state index contributed by atoms with van der Waals surface area (Å²) in [6.07, 6.45) is 6.52. The molecule has 0 saturated heterocycles. The molecule has 11 nitrogen and oxygen atoms in total. The molecule has 196 valence electrons. The summed E-state index contributed by atoms with van der Waals surface area (Å²) in [6, 6.07) is 5.45. The van der Waals surface area contributed by atoms with Crippen LogP contribution in [0.1, 0.15) is 32.2 Å². The second kappa shape index (κ2) is 11.8. The molecule has 4 aromatic rings. The minimum atomic E-state index is -3.97. The standard InChI is InChI=1S/C22H23FN8O3S.C2H6/c1-14-6-5-7-18(34-4)20(14)31-21(17-13-24-8-9-25-17)28-29-22(31)30(3)35(32,33)15(2)10-19-26-11-16(23)12-27-19;1-2/h5-9,11-13,15H,10H2,1-4H3;1-2H3/t15-;/m1./s1. The number of halogens is 1. The molecule has 1 aromatic carbocycles. The number of aromatic nitrogens is 7. The molecule has 4 rings (SSSR count). The lowest BCUT2D eigenvalue weighted by molar-refractivity contribution is 0.412. The molecule has 0 aliphatic carbocycles. The van der Waals surface area contributed by atoms with Crippen molar-refractivity contribution in [2.45, 2.75) is 39.4 Å². The van der Waals surface area contributed by atoms with E-state index in [9.17, 15) is 12.8 Å². The van der Waals surface area contributed by atoms with Crippen molar-refractivity contribution in [2.24, 2.45) is 0 Å². The Hall–Kier alpha value is -4.00. The molecule has 0 aliphatic heterocycles. The van der Waals surface area contributed by atoms with E-state index < -0.39 is 21.1 Å². The van der Waals surface area contributed by atoms with Crippen LogP contribution in [0, 0.1) is 12.7 Å². The van der Waals surface area contributed by atoms with E-state index in [1.807, 2.05) is 32.9 Å². The number of nitrogens with zero attached hydrogens (tertiary/aromatic N) is 8. The van der Waals surface area contributed by atoms with E-state index in [4.69, 9.17) is 4.74 Å². The molecule has 0 aliphatic rings. The summed E-state index contributed by atoms with van der Waals surface area (Å²) in [4.78, 5) is 16.2. The molecule has 3 heterocycles. The first-order valence-electron chi connectivity index (χ1n) is 11.5. The summed E-state index contributed by atoms with van der Waals surface area (Å²) in [6.45, 7) is 7.39. The van der Waals surface area contributed by atoms with E-state index in [1.54, 1.807) is 10.6 Å². The summed E-state index contributed by atoms with van der Waals surface area (Å²) < 4.78 is 48.4. The molecule has 0 unspecified atom stereocenters. The van der Waals surface area contributed by atoms with Crippen molar-refractivity contribution in [3.63, 3.8) is 0 Å². The van der Waals surface area contributed by atoms with Crippen molar-refractivity contribution in [3.8, 4) is 23.0 Å². The Balaban J connectivity index is 0.00000186. The van der Waals surface area contributed by atoms with Gasteiger partial charge in [-0.1, -0.05) is 26.0 Å². The number of ether oxygens (including phenoxy) is 1. The molecule has 0 bridgehead atoms. The molecule has 0 fully saturated rings. The highest BCUT2D eigenvalue weighted by Crippen LogP contribution is 2.34. The van der Waals surface area contributed by atoms with E-state index in [-0.39, 0.29) is 24.0 Å². The summed E-state index contributed by atoms with van der Waals surface area (Å²) >= 11 is 0. The van der Waals surface area contributed by atoms with Crippen LogP contribution in [-0.4, -0.2) is 62.5 Å². The number of rotatable bonds is 8. The zero-order chi connectivity index (χ0) is 27.2. The van der Waals surface area contributed by atoms with Gasteiger partial charge in [-0.2, -0.15) is 0 Å². The smallest absolute Gasteiger partial charge is 0.245 e. The molecule has 0 N–H and O–H groups in total. The number of sulfonamides is 1. The van der Waals surface area contributed by atoms with Crippen molar-refractivity contribution in [3.05, 3.63) is 66.4 Å². The molecular formula is C24H29FN8O3S. The van der Waals surface area contributed by atoms with Gasteiger partial charge in [-0.3, -0.25) is 9.55 Å². The highest BCUT2D eigenvalue weighted by molar-refractivity contribution is 7.93. The lowest BCUT2D eigenvalue weighted by atomic mass is 10.1. The minimum Gasteiger partial charge on any atom is -0.495 e. The van der Waals surface area contributed by atoms with Gasteiger partial charge in [-0.15, -0.1) is 10.2 Å². The number of hydrogen-bond donors (Lipinski definition) is 0. The maximum atomic E-state index is 13.5. The normalized spacial score (nSPS) is 11.9. The fourth-order valence-electron chi connectivity index (χ4n) is 3.54. The van der Waals surface area contributed by atoms with Crippen LogP contribution in [0.4, 0.5) is 10.3 Å². The fraction of sp³-hybridized carbons (Fsp3) is 0.333. The van der Waals surface area contributed by atoms with Gasteiger partial charge in [0, 0.05) is 25.9 Å². The highest BCUT2D eigenvalue weighted by Gasteiger charge is 2.33. The average Bonchev–Trinajstić information content (AvgIpc) is 3.35. The van der Waals surface area contributed by atoms with Gasteiger partial charge in [0.15, 0.2) is 11.6 Å². The minimum absolute atomic E-state index is 0.0220. The summed E-state index contributed by atoms with van der Waals surface area (Å²) in [5.74, 6) is 0.425. The van der Waals surface area contributed by atoms with E-state index in [0.717, 1.165) is 22.3 Å². The third kappa shape index (κ3) is 5.71. The topological polar surface area (TPSA) is 129 Å². The van der Waals surface area contributed by atoms with Crippen LogP contribution in [0.25, 0.3) is 17.2 Å². The first-order valence-corrected chi connectivity index (χ1v) is 13.0. The predicted octanol–water partition coefficient (Wildman–Crippen LogP) is 3.39. The molecule has 0 radical (unpaired) electrons. The Morgan fingerprint density at radius 1 is 1.08 bits per heavy atom. The first-order chi connectivity index (χ1) is 17.7. The van der Waals surface area contributed by atoms with Crippen molar-refractivity contribution in [1.29, 1.82) is 0 Å². The lowest BCUT2D eigenvalue weighted by Crippen LogP contribution is -2.37. The van der Waals surface area contributed by atoms with E-state index in [0.29, 0.717) is 17.1 Å². The van der Waals surface area contributed by atoms with Gasteiger partial charge in [-0.25, -0.2) is 32.1 Å². The molecule has 13 heteroatoms. The van der Waals surface area contributed by atoms with Gasteiger partial charge in [0.2, 0.25) is 16.0 Å². The van der Waals surface area contributed by atoms with Crippen LogP contribution < -0.4 is 9.04 Å². The number of methoxy groups -OCH3 is 1. The van der Waals surface area contributed by atoms with Crippen LogP contribution in [-0.2, 0) is 16.4 Å². The van der Waals surface area contributed by atoms with Gasteiger partial charge in [-0.05, 0) is 25.5 Å². The number of para-hydroxylation sites is 1. The molecule has 37 heavy (non-hydrogen) atoms. The van der Waals surface area contributed by atoms with E-state index >= 15 is 0 Å². The number of benzene rings is 1. The molecule has 3 aromatic heterocycles. The second-order valence-electron chi connectivity index (χ2n) is 7.72. The quantitative estimate of drug-likeness (QED) is 0.338. The van der Waals surface area contributed by atoms with Crippen LogP contribution in [0.15, 0.2) is 49.2 Å². The summed E-state index contributed by atoms with van der Waals surface area (Å²) in [5, 5.41) is 7.51. The zero-order valence-electron chi connectivity index (χ0n) is 21.5. The Morgan fingerprint density at radius 3 is 2.41 bits per heavy atom. The zero-order valence-corrected chi connectivity index (χ0v) is 22.3. The second-order valence-corrected chi connectivity index (χ2v) is 10.1.